The number of hydrogen-bond acceptors (Lipinski definition) is 7. The van der Waals surface area contributed by atoms with Crippen LogP contribution in [0.25, 0.3) is 11.3 Å². The van der Waals surface area contributed by atoms with Crippen molar-refractivity contribution >= 4 is 17.6 Å². The first-order valence-electron chi connectivity index (χ1n) is 10.7. The third-order valence-electron chi connectivity index (χ3n) is 6.03. The van der Waals surface area contributed by atoms with Crippen LogP contribution in [0.15, 0.2) is 65.8 Å². The number of pyridine rings is 1. The topological polar surface area (TPSA) is 115 Å². The number of oxazole rings is 1. The van der Waals surface area contributed by atoms with Crippen LogP contribution in [-0.2, 0) is 20.7 Å². The Balaban J connectivity index is 1.35. The average molecular weight is 446 g/mol. The van der Waals surface area contributed by atoms with Crippen LogP contribution in [0, 0.1) is 0 Å². The molecule has 33 heavy (non-hydrogen) atoms. The molecule has 0 aliphatic carbocycles. The van der Waals surface area contributed by atoms with Crippen molar-refractivity contribution in [3.05, 3.63) is 72.5 Å². The maximum atomic E-state index is 13.5. The molecule has 2 saturated heterocycles. The summed E-state index contributed by atoms with van der Waals surface area (Å²) in [4.78, 5) is 48.4. The minimum absolute atomic E-state index is 0.0241. The number of amides is 2. The van der Waals surface area contributed by atoms with E-state index in [2.05, 4.69) is 15.3 Å². The third-order valence-corrected chi connectivity index (χ3v) is 6.03. The Labute approximate surface area is 189 Å². The van der Waals surface area contributed by atoms with Crippen molar-refractivity contribution in [2.75, 3.05) is 13.2 Å². The number of carbonyl (C=O) groups excluding carboxylic acids is 3. The van der Waals surface area contributed by atoms with Gasteiger partial charge in [0.1, 0.15) is 18.7 Å². The Bertz CT molecular complexity index is 1150. The first kappa shape index (κ1) is 21.0. The summed E-state index contributed by atoms with van der Waals surface area (Å²) in [6, 6.07) is 9.05. The van der Waals surface area contributed by atoms with Gasteiger partial charge in [0, 0.05) is 36.5 Å². The lowest BCUT2D eigenvalue weighted by Gasteiger charge is -2.27. The zero-order valence-corrected chi connectivity index (χ0v) is 17.7. The molecule has 2 aliphatic heterocycles. The lowest BCUT2D eigenvalue weighted by Crippen LogP contribution is -2.53. The van der Waals surface area contributed by atoms with E-state index in [0.717, 1.165) is 11.1 Å². The van der Waals surface area contributed by atoms with Gasteiger partial charge in [-0.3, -0.25) is 19.4 Å². The van der Waals surface area contributed by atoms with Crippen LogP contribution < -0.4 is 5.32 Å². The van der Waals surface area contributed by atoms with Gasteiger partial charge in [-0.2, -0.15) is 0 Å². The van der Waals surface area contributed by atoms with Crippen LogP contribution >= 0.6 is 0 Å². The van der Waals surface area contributed by atoms with Crippen LogP contribution in [0.3, 0.4) is 0 Å². The molecule has 3 atom stereocenters. The van der Waals surface area contributed by atoms with Crippen molar-refractivity contribution in [3.8, 4) is 11.3 Å². The van der Waals surface area contributed by atoms with E-state index in [1.807, 2.05) is 6.07 Å². The second kappa shape index (κ2) is 8.95. The molecule has 0 spiro atoms. The summed E-state index contributed by atoms with van der Waals surface area (Å²) < 4.78 is 10.8. The van der Waals surface area contributed by atoms with Gasteiger partial charge in [0.15, 0.2) is 17.9 Å². The van der Waals surface area contributed by atoms with Crippen LogP contribution in [-0.4, -0.2) is 63.8 Å². The molecule has 2 aliphatic rings. The number of carbonyl (C=O) groups is 3. The molecule has 1 N–H and O–H groups in total. The van der Waals surface area contributed by atoms with Crippen LogP contribution in [0.5, 0.6) is 0 Å². The Hall–Kier alpha value is -3.85. The number of likely N-dealkylation sites (tertiary alicyclic amines) is 1. The minimum atomic E-state index is -0.845. The predicted octanol–water partition coefficient (Wildman–Crippen LogP) is 1.65. The van der Waals surface area contributed by atoms with Crippen molar-refractivity contribution < 1.29 is 23.5 Å². The van der Waals surface area contributed by atoms with E-state index < -0.39 is 12.1 Å². The molecule has 2 fully saturated rings. The van der Waals surface area contributed by atoms with E-state index in [9.17, 15) is 14.4 Å². The smallest absolute Gasteiger partial charge is 0.251 e. The number of Topliss-reactive ketones (excluding diaryl/α,β-unsaturated/α-hetero) is 1. The van der Waals surface area contributed by atoms with Gasteiger partial charge < -0.3 is 19.4 Å². The highest BCUT2D eigenvalue weighted by atomic mass is 16.5. The maximum absolute atomic E-state index is 13.5. The SMILES string of the molecule is O=C(NC(Cc1cccnc1)C(=O)N1CCC2OCC(=O)C21)c1ccc(-c2cnco2)cc1. The number of nitrogens with zero attached hydrogens (tertiary/aromatic N) is 3. The molecular weight excluding hydrogens is 424 g/mol. The first-order chi connectivity index (χ1) is 16.1. The van der Waals surface area contributed by atoms with Crippen molar-refractivity contribution in [2.24, 2.45) is 0 Å². The Morgan fingerprint density at radius 1 is 1.15 bits per heavy atom. The molecule has 4 heterocycles. The Morgan fingerprint density at radius 3 is 2.73 bits per heavy atom. The Kier molecular flexibility index (Phi) is 5.70. The number of benzene rings is 1. The molecule has 9 heteroatoms. The van der Waals surface area contributed by atoms with Crippen LogP contribution in [0.1, 0.15) is 22.3 Å². The number of aromatic nitrogens is 2. The number of nitrogens with one attached hydrogen (secondary N) is 1. The third kappa shape index (κ3) is 4.27. The van der Waals surface area contributed by atoms with Gasteiger partial charge in [0.2, 0.25) is 5.91 Å². The summed E-state index contributed by atoms with van der Waals surface area (Å²) >= 11 is 0. The van der Waals surface area contributed by atoms with E-state index in [4.69, 9.17) is 9.15 Å². The van der Waals surface area contributed by atoms with Crippen LogP contribution in [0.4, 0.5) is 0 Å². The van der Waals surface area contributed by atoms with Crippen molar-refractivity contribution in [1.29, 1.82) is 0 Å². The summed E-state index contributed by atoms with van der Waals surface area (Å²) in [6.07, 6.45) is 6.85. The molecule has 168 valence electrons. The molecule has 3 unspecified atom stereocenters. The molecule has 5 rings (SSSR count). The fourth-order valence-electron chi connectivity index (χ4n) is 4.38. The monoisotopic (exact) mass is 446 g/mol. The molecule has 9 nitrogen and oxygen atoms in total. The fourth-order valence-corrected chi connectivity index (χ4v) is 4.38. The first-order valence-corrected chi connectivity index (χ1v) is 10.7. The standard InChI is InChI=1S/C24H22N4O5/c29-19-13-32-20-7-9-28(22(19)20)24(31)18(10-15-2-1-8-25-11-15)27-23(30)17-5-3-16(4-6-17)21-12-26-14-33-21/h1-6,8,11-12,14,18,20,22H,7,9-10,13H2,(H,27,30). The molecular formula is C24H22N4O5. The van der Waals surface area contributed by atoms with Crippen molar-refractivity contribution in [3.63, 3.8) is 0 Å². The largest absolute Gasteiger partial charge is 0.444 e. The van der Waals surface area contributed by atoms with Gasteiger partial charge in [-0.05, 0) is 30.2 Å². The normalized spacial score (nSPS) is 20.5. The number of ketones is 1. The van der Waals surface area contributed by atoms with E-state index in [0.29, 0.717) is 24.3 Å². The lowest BCUT2D eigenvalue weighted by molar-refractivity contribution is -0.138. The summed E-state index contributed by atoms with van der Waals surface area (Å²) in [5.41, 5.74) is 2.00. The molecule has 0 saturated carbocycles. The van der Waals surface area contributed by atoms with Gasteiger partial charge in [-0.25, -0.2) is 4.98 Å². The highest BCUT2D eigenvalue weighted by Crippen LogP contribution is 2.28. The molecule has 2 aromatic heterocycles. The van der Waals surface area contributed by atoms with Gasteiger partial charge in [0.05, 0.1) is 12.3 Å². The Morgan fingerprint density at radius 2 is 2.00 bits per heavy atom. The summed E-state index contributed by atoms with van der Waals surface area (Å²) in [5, 5.41) is 2.86. The number of hydrogen-bond donors (Lipinski definition) is 1. The van der Waals surface area contributed by atoms with Gasteiger partial charge >= 0.3 is 0 Å². The number of fused-ring (bicyclic) bond motifs is 1. The quantitative estimate of drug-likeness (QED) is 0.612. The minimum Gasteiger partial charge on any atom is -0.444 e. The van der Waals surface area contributed by atoms with Crippen molar-refractivity contribution in [2.45, 2.75) is 31.0 Å². The number of ether oxygens (including phenoxy) is 1. The molecule has 1 aromatic carbocycles. The summed E-state index contributed by atoms with van der Waals surface area (Å²) in [6.45, 7) is 0.446. The fraction of sp³-hybridized carbons (Fsp3) is 0.292. The molecule has 3 aromatic rings. The summed E-state index contributed by atoms with van der Waals surface area (Å²) in [5.74, 6) is -0.179. The highest BCUT2D eigenvalue weighted by Gasteiger charge is 2.48. The van der Waals surface area contributed by atoms with Gasteiger partial charge in [0.25, 0.3) is 5.91 Å². The molecule has 0 radical (unpaired) electrons. The van der Waals surface area contributed by atoms with Gasteiger partial charge in [-0.1, -0.05) is 18.2 Å². The second-order valence-corrected chi connectivity index (χ2v) is 8.12. The zero-order valence-electron chi connectivity index (χ0n) is 17.7. The highest BCUT2D eigenvalue weighted by molar-refractivity contribution is 5.99. The molecule has 0 bridgehead atoms. The van der Waals surface area contributed by atoms with E-state index in [1.54, 1.807) is 53.8 Å². The van der Waals surface area contributed by atoms with Crippen molar-refractivity contribution in [1.82, 2.24) is 20.2 Å². The van der Waals surface area contributed by atoms with Crippen LogP contribution in [0.2, 0.25) is 0 Å². The average Bonchev–Trinajstić information content (AvgIpc) is 3.59. The maximum Gasteiger partial charge on any atom is 0.251 e. The van der Waals surface area contributed by atoms with E-state index >= 15 is 0 Å². The summed E-state index contributed by atoms with van der Waals surface area (Å²) in [7, 11) is 0. The molecule has 2 amide bonds. The predicted molar refractivity (Wildman–Crippen MR) is 116 cm³/mol. The van der Waals surface area contributed by atoms with E-state index in [-0.39, 0.29) is 36.7 Å². The van der Waals surface area contributed by atoms with Gasteiger partial charge in [-0.15, -0.1) is 0 Å². The zero-order chi connectivity index (χ0) is 22.8. The van der Waals surface area contributed by atoms with E-state index in [1.165, 1.54) is 6.39 Å². The lowest BCUT2D eigenvalue weighted by atomic mass is 10.0. The second-order valence-electron chi connectivity index (χ2n) is 8.12. The number of rotatable bonds is 6.